The van der Waals surface area contributed by atoms with Crippen molar-refractivity contribution in [2.45, 2.75) is 19.4 Å². The van der Waals surface area contributed by atoms with Gasteiger partial charge in [0.1, 0.15) is 0 Å². The standard InChI is InChI=1S/C16H20ClNO4/c1-11(9-12-3-5-13(17)6-4-12)15(19)18-7-8-22-10-14(18)16(20)21-2/h3-6,11,14H,7-10H2,1-2H3/t11?,14-/m0/s1. The fourth-order valence-corrected chi connectivity index (χ4v) is 2.67. The van der Waals surface area contributed by atoms with Gasteiger partial charge in [-0.1, -0.05) is 30.7 Å². The SMILES string of the molecule is COC(=O)[C@@H]1COCCN1C(=O)C(C)Cc1ccc(Cl)cc1. The molecule has 1 aromatic rings. The molecule has 22 heavy (non-hydrogen) atoms. The fourth-order valence-electron chi connectivity index (χ4n) is 2.54. The third-order valence-corrected chi connectivity index (χ3v) is 4.01. The molecule has 120 valence electrons. The van der Waals surface area contributed by atoms with Gasteiger partial charge < -0.3 is 14.4 Å². The number of esters is 1. The Bertz CT molecular complexity index is 531. The number of amides is 1. The van der Waals surface area contributed by atoms with Gasteiger partial charge in [-0.25, -0.2) is 4.79 Å². The minimum Gasteiger partial charge on any atom is -0.467 e. The van der Waals surface area contributed by atoms with E-state index in [0.29, 0.717) is 24.6 Å². The number of rotatable bonds is 4. The molecule has 1 aromatic carbocycles. The first-order chi connectivity index (χ1) is 10.5. The van der Waals surface area contributed by atoms with Crippen LogP contribution in [0.4, 0.5) is 0 Å². The number of hydrogen-bond acceptors (Lipinski definition) is 4. The van der Waals surface area contributed by atoms with Crippen LogP contribution in [-0.2, 0) is 25.5 Å². The molecular weight excluding hydrogens is 306 g/mol. The lowest BCUT2D eigenvalue weighted by molar-refractivity contribution is -0.162. The summed E-state index contributed by atoms with van der Waals surface area (Å²) in [4.78, 5) is 26.0. The zero-order valence-electron chi connectivity index (χ0n) is 12.8. The van der Waals surface area contributed by atoms with E-state index in [2.05, 4.69) is 0 Å². The first-order valence-electron chi connectivity index (χ1n) is 7.23. The number of nitrogens with zero attached hydrogens (tertiary/aromatic N) is 1. The second kappa shape index (κ2) is 7.61. The van der Waals surface area contributed by atoms with E-state index in [9.17, 15) is 9.59 Å². The van der Waals surface area contributed by atoms with Crippen molar-refractivity contribution in [3.63, 3.8) is 0 Å². The Balaban J connectivity index is 2.04. The summed E-state index contributed by atoms with van der Waals surface area (Å²) >= 11 is 5.86. The number of methoxy groups -OCH3 is 1. The van der Waals surface area contributed by atoms with E-state index >= 15 is 0 Å². The minimum absolute atomic E-state index is 0.0614. The van der Waals surface area contributed by atoms with Crippen LogP contribution >= 0.6 is 11.6 Å². The molecule has 0 N–H and O–H groups in total. The molecule has 0 aliphatic carbocycles. The summed E-state index contributed by atoms with van der Waals surface area (Å²) in [5.74, 6) is -0.730. The molecule has 0 saturated carbocycles. The summed E-state index contributed by atoms with van der Waals surface area (Å²) in [5, 5.41) is 0.668. The third-order valence-electron chi connectivity index (χ3n) is 3.76. The highest BCUT2D eigenvalue weighted by atomic mass is 35.5. The summed E-state index contributed by atoms with van der Waals surface area (Å²) in [5.41, 5.74) is 1.04. The molecule has 1 aliphatic rings. The summed E-state index contributed by atoms with van der Waals surface area (Å²) in [6, 6.07) is 6.77. The Labute approximate surface area is 135 Å². The van der Waals surface area contributed by atoms with E-state index in [4.69, 9.17) is 21.1 Å². The van der Waals surface area contributed by atoms with Gasteiger partial charge in [0.2, 0.25) is 5.91 Å². The monoisotopic (exact) mass is 325 g/mol. The van der Waals surface area contributed by atoms with Crippen molar-refractivity contribution in [1.82, 2.24) is 4.90 Å². The number of hydrogen-bond donors (Lipinski definition) is 0. The fraction of sp³-hybridized carbons (Fsp3) is 0.500. The summed E-state index contributed by atoms with van der Waals surface area (Å²) in [6.07, 6.45) is 0.598. The van der Waals surface area contributed by atoms with Crippen molar-refractivity contribution in [2.24, 2.45) is 5.92 Å². The molecule has 1 fully saturated rings. The Morgan fingerprint density at radius 2 is 2.09 bits per heavy atom. The molecule has 1 aliphatic heterocycles. The van der Waals surface area contributed by atoms with Crippen molar-refractivity contribution in [3.8, 4) is 0 Å². The van der Waals surface area contributed by atoms with Crippen LogP contribution in [0.5, 0.6) is 0 Å². The number of carbonyl (C=O) groups excluding carboxylic acids is 2. The van der Waals surface area contributed by atoms with Crippen LogP contribution in [0.1, 0.15) is 12.5 Å². The molecule has 1 heterocycles. The second-order valence-corrected chi connectivity index (χ2v) is 5.81. The van der Waals surface area contributed by atoms with Gasteiger partial charge in [0.25, 0.3) is 0 Å². The lowest BCUT2D eigenvalue weighted by atomic mass is 9.99. The predicted octanol–water partition coefficient (Wildman–Crippen LogP) is 1.92. The van der Waals surface area contributed by atoms with E-state index in [1.807, 2.05) is 19.1 Å². The van der Waals surface area contributed by atoms with Crippen LogP contribution in [0.25, 0.3) is 0 Å². The van der Waals surface area contributed by atoms with Gasteiger partial charge in [-0.15, -0.1) is 0 Å². The maximum absolute atomic E-state index is 12.6. The molecule has 0 aromatic heterocycles. The first-order valence-corrected chi connectivity index (χ1v) is 7.61. The molecule has 1 saturated heterocycles. The van der Waals surface area contributed by atoms with Crippen LogP contribution in [-0.4, -0.2) is 49.7 Å². The van der Waals surface area contributed by atoms with Crippen molar-refractivity contribution in [1.29, 1.82) is 0 Å². The van der Waals surface area contributed by atoms with Gasteiger partial charge in [-0.05, 0) is 24.1 Å². The van der Waals surface area contributed by atoms with Crippen LogP contribution < -0.4 is 0 Å². The first kappa shape index (κ1) is 16.8. The lowest BCUT2D eigenvalue weighted by Crippen LogP contribution is -2.54. The number of halogens is 1. The van der Waals surface area contributed by atoms with Crippen LogP contribution in [0, 0.1) is 5.92 Å². The average Bonchev–Trinajstić information content (AvgIpc) is 2.55. The summed E-state index contributed by atoms with van der Waals surface area (Å²) in [6.45, 7) is 2.89. The zero-order valence-corrected chi connectivity index (χ0v) is 13.5. The maximum Gasteiger partial charge on any atom is 0.331 e. The number of morpholine rings is 1. The minimum atomic E-state index is -0.654. The number of ether oxygens (including phenoxy) is 2. The van der Waals surface area contributed by atoms with Crippen molar-refractivity contribution < 1.29 is 19.1 Å². The van der Waals surface area contributed by atoms with E-state index in [0.717, 1.165) is 5.56 Å². The normalized spacial score (nSPS) is 19.6. The van der Waals surface area contributed by atoms with Crippen LogP contribution in [0.3, 0.4) is 0 Å². The van der Waals surface area contributed by atoms with E-state index < -0.39 is 12.0 Å². The van der Waals surface area contributed by atoms with Crippen molar-refractivity contribution in [2.75, 3.05) is 26.9 Å². The Kier molecular flexibility index (Phi) is 5.80. The van der Waals surface area contributed by atoms with E-state index in [-0.39, 0.29) is 18.4 Å². The molecule has 1 unspecified atom stereocenters. The van der Waals surface area contributed by atoms with Crippen molar-refractivity contribution in [3.05, 3.63) is 34.9 Å². The molecule has 6 heteroatoms. The molecule has 0 radical (unpaired) electrons. The lowest BCUT2D eigenvalue weighted by Gasteiger charge is -2.35. The van der Waals surface area contributed by atoms with E-state index in [1.165, 1.54) is 7.11 Å². The Morgan fingerprint density at radius 1 is 1.41 bits per heavy atom. The molecule has 2 atom stereocenters. The van der Waals surface area contributed by atoms with E-state index in [1.54, 1.807) is 17.0 Å². The summed E-state index contributed by atoms with van der Waals surface area (Å²) in [7, 11) is 1.32. The van der Waals surface area contributed by atoms with Crippen molar-refractivity contribution >= 4 is 23.5 Å². The average molecular weight is 326 g/mol. The van der Waals surface area contributed by atoms with Gasteiger partial charge >= 0.3 is 5.97 Å². The highest BCUT2D eigenvalue weighted by molar-refractivity contribution is 6.30. The maximum atomic E-state index is 12.6. The largest absolute Gasteiger partial charge is 0.467 e. The third kappa shape index (κ3) is 3.99. The predicted molar refractivity (Wildman–Crippen MR) is 82.7 cm³/mol. The molecular formula is C16H20ClNO4. The zero-order chi connectivity index (χ0) is 16.1. The number of carbonyl (C=O) groups is 2. The molecule has 0 bridgehead atoms. The molecule has 5 nitrogen and oxygen atoms in total. The smallest absolute Gasteiger partial charge is 0.331 e. The van der Waals surface area contributed by atoms with Crippen LogP contribution in [0.2, 0.25) is 5.02 Å². The quantitative estimate of drug-likeness (QED) is 0.794. The van der Waals surface area contributed by atoms with Gasteiger partial charge in [0.15, 0.2) is 6.04 Å². The topological polar surface area (TPSA) is 55.8 Å². The van der Waals surface area contributed by atoms with Gasteiger partial charge in [0, 0.05) is 17.5 Å². The summed E-state index contributed by atoms with van der Waals surface area (Å²) < 4.78 is 10.0. The van der Waals surface area contributed by atoms with Gasteiger partial charge in [0.05, 0.1) is 20.3 Å². The van der Waals surface area contributed by atoms with Gasteiger partial charge in [-0.3, -0.25) is 4.79 Å². The van der Waals surface area contributed by atoms with Gasteiger partial charge in [-0.2, -0.15) is 0 Å². The Hall–Kier alpha value is -1.59. The molecule has 0 spiro atoms. The van der Waals surface area contributed by atoms with Crippen LogP contribution in [0.15, 0.2) is 24.3 Å². The number of benzene rings is 1. The Morgan fingerprint density at radius 3 is 2.73 bits per heavy atom. The highest BCUT2D eigenvalue weighted by Crippen LogP contribution is 2.18. The molecule has 2 rings (SSSR count). The highest BCUT2D eigenvalue weighted by Gasteiger charge is 2.35. The second-order valence-electron chi connectivity index (χ2n) is 5.38. The molecule has 1 amide bonds.